The number of amides is 1. The third-order valence-corrected chi connectivity index (χ3v) is 9.01. The third-order valence-electron chi connectivity index (χ3n) is 7.70. The summed E-state index contributed by atoms with van der Waals surface area (Å²) in [6.07, 6.45) is 8.82. The lowest BCUT2D eigenvalue weighted by Gasteiger charge is -2.37. The summed E-state index contributed by atoms with van der Waals surface area (Å²) in [5, 5.41) is 4.17. The van der Waals surface area contributed by atoms with E-state index in [4.69, 9.17) is 16.6 Å². The molecule has 1 aromatic carbocycles. The summed E-state index contributed by atoms with van der Waals surface area (Å²) in [5.74, 6) is 1.56. The molecule has 2 saturated heterocycles. The van der Waals surface area contributed by atoms with Crippen LogP contribution < -0.4 is 5.32 Å². The van der Waals surface area contributed by atoms with Gasteiger partial charge in [-0.25, -0.2) is 0 Å². The van der Waals surface area contributed by atoms with Gasteiger partial charge < -0.3 is 10.2 Å². The number of pyridine rings is 1. The largest absolute Gasteiger partial charge is 0.343 e. The van der Waals surface area contributed by atoms with Gasteiger partial charge in [0.2, 0.25) is 5.91 Å². The van der Waals surface area contributed by atoms with Crippen LogP contribution in [0.15, 0.2) is 33.3 Å². The molecule has 1 aromatic heterocycles. The van der Waals surface area contributed by atoms with Gasteiger partial charge in [0.05, 0.1) is 5.69 Å². The lowest BCUT2D eigenvalue weighted by Crippen LogP contribution is -2.41. The number of benzene rings is 1. The Morgan fingerprint density at radius 2 is 1.79 bits per heavy atom. The van der Waals surface area contributed by atoms with Crippen LogP contribution in [0.1, 0.15) is 60.4 Å². The highest BCUT2D eigenvalue weighted by Crippen LogP contribution is 2.46. The van der Waals surface area contributed by atoms with Gasteiger partial charge in [0.1, 0.15) is 0 Å². The number of halogens is 3. The number of likely N-dealkylation sites (tertiary alicyclic amines) is 1. The van der Waals surface area contributed by atoms with Gasteiger partial charge in [0.25, 0.3) is 0 Å². The van der Waals surface area contributed by atoms with E-state index < -0.39 is 0 Å². The number of carbonyl (C=O) groups is 1. The van der Waals surface area contributed by atoms with Crippen molar-refractivity contribution in [3.63, 3.8) is 0 Å². The topological polar surface area (TPSA) is 45.2 Å². The van der Waals surface area contributed by atoms with Crippen LogP contribution in [0.3, 0.4) is 0 Å². The third kappa shape index (κ3) is 5.19. The van der Waals surface area contributed by atoms with Gasteiger partial charge in [-0.2, -0.15) is 0 Å². The minimum Gasteiger partial charge on any atom is -0.343 e. The Bertz CT molecular complexity index is 1030. The van der Waals surface area contributed by atoms with E-state index >= 15 is 0 Å². The summed E-state index contributed by atoms with van der Waals surface area (Å²) < 4.78 is 2.11. The van der Waals surface area contributed by atoms with Crippen molar-refractivity contribution in [3.05, 3.63) is 60.7 Å². The highest BCUT2D eigenvalue weighted by molar-refractivity contribution is 9.10. The molecule has 3 aliphatic rings. The number of fused-ring (bicyclic) bond motifs is 2. The van der Waals surface area contributed by atoms with Crippen LogP contribution >= 0.6 is 43.5 Å². The summed E-state index contributed by atoms with van der Waals surface area (Å²) in [6.45, 7) is 3.78. The Hall–Kier alpha value is -0.950. The summed E-state index contributed by atoms with van der Waals surface area (Å²) >= 11 is 13.9. The number of hydrogen-bond acceptors (Lipinski definition) is 3. The smallest absolute Gasteiger partial charge is 0.222 e. The quantitative estimate of drug-likeness (QED) is 0.435. The van der Waals surface area contributed by atoms with Crippen molar-refractivity contribution in [1.29, 1.82) is 0 Å². The first-order chi connectivity index (χ1) is 16.0. The zero-order chi connectivity index (χ0) is 22.9. The molecule has 2 fully saturated rings. The molecule has 1 N–H and O–H groups in total. The minimum atomic E-state index is 0.221. The predicted molar refractivity (Wildman–Crippen MR) is 140 cm³/mol. The number of hydrogen-bond donors (Lipinski definition) is 1. The molecule has 33 heavy (non-hydrogen) atoms. The van der Waals surface area contributed by atoms with E-state index in [1.54, 1.807) is 0 Å². The van der Waals surface area contributed by atoms with Gasteiger partial charge in [-0.05, 0) is 114 Å². The normalized spacial score (nSPS) is 21.9. The predicted octanol–water partition coefficient (Wildman–Crippen LogP) is 6.12. The van der Waals surface area contributed by atoms with Gasteiger partial charge in [-0.1, -0.05) is 27.5 Å². The molecular weight excluding hydrogens is 567 g/mol. The molecule has 5 rings (SSSR count). The Morgan fingerprint density at radius 1 is 1.06 bits per heavy atom. The molecule has 4 nitrogen and oxygen atoms in total. The van der Waals surface area contributed by atoms with Crippen LogP contribution in [-0.4, -0.2) is 42.0 Å². The first kappa shape index (κ1) is 23.8. The lowest BCUT2D eigenvalue weighted by molar-refractivity contribution is -0.133. The van der Waals surface area contributed by atoms with Crippen LogP contribution in [0.25, 0.3) is 0 Å². The molecule has 0 radical (unpaired) electrons. The van der Waals surface area contributed by atoms with E-state index in [-0.39, 0.29) is 5.92 Å². The van der Waals surface area contributed by atoms with Crippen molar-refractivity contribution < 1.29 is 4.79 Å². The van der Waals surface area contributed by atoms with E-state index in [1.807, 2.05) is 12.3 Å². The molecule has 2 aromatic rings. The number of aromatic nitrogens is 1. The van der Waals surface area contributed by atoms with Crippen molar-refractivity contribution in [3.8, 4) is 0 Å². The fourth-order valence-corrected chi connectivity index (χ4v) is 7.47. The second-order valence-electron chi connectivity index (χ2n) is 9.75. The van der Waals surface area contributed by atoms with Crippen molar-refractivity contribution in [2.75, 3.05) is 26.2 Å². The molecule has 0 saturated carbocycles. The van der Waals surface area contributed by atoms with Crippen LogP contribution in [0.4, 0.5) is 0 Å². The Balaban J connectivity index is 1.38. The first-order valence-corrected chi connectivity index (χ1v) is 14.1. The molecule has 176 valence electrons. The van der Waals surface area contributed by atoms with Gasteiger partial charge in [0, 0.05) is 45.6 Å². The number of aryl methyl sites for hydroxylation is 2. The van der Waals surface area contributed by atoms with E-state index in [0.29, 0.717) is 24.2 Å². The SMILES string of the molecule is O=[13C](CC1CCNCC1)N1CCC([C@H]2c3ncc(Br)cc3CCc3cc(Cl)cc(Br)c32)CC1. The van der Waals surface area contributed by atoms with Gasteiger partial charge in [-0.15, -0.1) is 0 Å². The number of nitrogens with one attached hydrogen (secondary N) is 1. The number of rotatable bonds is 3. The summed E-state index contributed by atoms with van der Waals surface area (Å²) in [6, 6.07) is 6.39. The first-order valence-electron chi connectivity index (χ1n) is 12.1. The average Bonchev–Trinajstić information content (AvgIpc) is 2.96. The van der Waals surface area contributed by atoms with Gasteiger partial charge in [-0.3, -0.25) is 9.78 Å². The maximum absolute atomic E-state index is 13.0. The maximum Gasteiger partial charge on any atom is 0.222 e. The van der Waals surface area contributed by atoms with Crippen LogP contribution in [0, 0.1) is 11.8 Å². The molecule has 7 heteroatoms. The highest BCUT2D eigenvalue weighted by atomic mass is 79.9. The molecule has 2 aliphatic heterocycles. The molecule has 3 heterocycles. The second-order valence-corrected chi connectivity index (χ2v) is 12.0. The van der Waals surface area contributed by atoms with Crippen molar-refractivity contribution in [2.24, 2.45) is 11.8 Å². The van der Waals surface area contributed by atoms with Crippen molar-refractivity contribution >= 4 is 49.4 Å². The molecule has 0 bridgehead atoms. The van der Waals surface area contributed by atoms with Crippen molar-refractivity contribution in [2.45, 2.75) is 50.9 Å². The van der Waals surface area contributed by atoms with E-state index in [1.165, 1.54) is 22.4 Å². The van der Waals surface area contributed by atoms with Gasteiger partial charge in [0.15, 0.2) is 0 Å². The van der Waals surface area contributed by atoms with Gasteiger partial charge >= 0.3 is 0 Å². The summed E-state index contributed by atoms with van der Waals surface area (Å²) in [7, 11) is 0. The lowest BCUT2D eigenvalue weighted by atomic mass is 9.76. The Kier molecular flexibility index (Phi) is 7.46. The molecule has 0 unspecified atom stereocenters. The minimum absolute atomic E-state index is 0.221. The fraction of sp³-hybridized carbons (Fsp3) is 0.538. The van der Waals surface area contributed by atoms with Crippen molar-refractivity contribution in [1.82, 2.24) is 15.2 Å². The van der Waals surface area contributed by atoms with E-state index in [0.717, 1.165) is 78.7 Å². The molecule has 1 aliphatic carbocycles. The molecule has 1 atom stereocenters. The number of piperidine rings is 2. The zero-order valence-electron chi connectivity index (χ0n) is 18.8. The fourth-order valence-electron chi connectivity index (χ4n) is 5.97. The standard InChI is InChI=1S/C26H30Br2ClN3O/c27-20-12-19-2-1-18-13-21(29)14-22(28)24(18)25(26(19)31-15-20)17-5-9-32(10-6-17)23(33)11-16-3-7-30-8-4-16/h12-17,25,30H,1-11H2/t25-/m1/s1/i23+1. The van der Waals surface area contributed by atoms with Crippen LogP contribution in [-0.2, 0) is 17.6 Å². The molecular formula is C26H30Br2ClN3O. The Morgan fingerprint density at radius 3 is 2.55 bits per heavy atom. The molecule has 0 spiro atoms. The zero-order valence-corrected chi connectivity index (χ0v) is 22.7. The van der Waals surface area contributed by atoms with E-state index in [2.05, 4.69) is 54.2 Å². The summed E-state index contributed by atoms with van der Waals surface area (Å²) in [4.78, 5) is 20.1. The van der Waals surface area contributed by atoms with Crippen LogP contribution in [0.2, 0.25) is 5.02 Å². The van der Waals surface area contributed by atoms with E-state index in [9.17, 15) is 4.79 Å². The second kappa shape index (κ2) is 10.3. The monoisotopic (exact) mass is 594 g/mol. The Labute approximate surface area is 218 Å². The summed E-state index contributed by atoms with van der Waals surface area (Å²) in [5.41, 5.74) is 5.17. The molecule has 1 amide bonds. The van der Waals surface area contributed by atoms with Crippen LogP contribution in [0.5, 0.6) is 0 Å². The average molecular weight is 597 g/mol. The maximum atomic E-state index is 13.0. The number of nitrogens with zero attached hydrogens (tertiary/aromatic N) is 2. The number of carbonyl (C=O) groups excluding carboxylic acids is 1. The highest BCUT2D eigenvalue weighted by Gasteiger charge is 2.36.